The highest BCUT2D eigenvalue weighted by Gasteiger charge is 2.32. The van der Waals surface area contributed by atoms with Crippen molar-refractivity contribution >= 4 is 0 Å². The number of hydrogen-bond acceptors (Lipinski definition) is 2. The summed E-state index contributed by atoms with van der Waals surface area (Å²) in [5.74, 6) is 0.599. The molecule has 1 rings (SSSR count). The fourth-order valence-electron chi connectivity index (χ4n) is 1.75. The van der Waals surface area contributed by atoms with Gasteiger partial charge in [0.05, 0.1) is 18.3 Å². The first-order valence-electron chi connectivity index (χ1n) is 4.98. The zero-order chi connectivity index (χ0) is 9.14. The van der Waals surface area contributed by atoms with E-state index in [9.17, 15) is 5.11 Å². The van der Waals surface area contributed by atoms with Gasteiger partial charge in [0.2, 0.25) is 0 Å². The van der Waals surface area contributed by atoms with Gasteiger partial charge in [-0.15, -0.1) is 0 Å². The van der Waals surface area contributed by atoms with Gasteiger partial charge in [0.25, 0.3) is 0 Å². The summed E-state index contributed by atoms with van der Waals surface area (Å²) in [5, 5.41) is 9.66. The Morgan fingerprint density at radius 1 is 1.50 bits per heavy atom. The second kappa shape index (κ2) is 4.24. The fourth-order valence-corrected chi connectivity index (χ4v) is 1.75. The van der Waals surface area contributed by atoms with Gasteiger partial charge in [-0.05, 0) is 25.7 Å². The molecule has 12 heavy (non-hydrogen) atoms. The van der Waals surface area contributed by atoms with Gasteiger partial charge in [-0.2, -0.15) is 0 Å². The normalized spacial score (nSPS) is 38.5. The minimum absolute atomic E-state index is 0.0925. The zero-order valence-corrected chi connectivity index (χ0v) is 8.29. The van der Waals surface area contributed by atoms with Crippen LogP contribution in [0.1, 0.15) is 40.0 Å². The van der Waals surface area contributed by atoms with Gasteiger partial charge in [0.1, 0.15) is 0 Å². The van der Waals surface area contributed by atoms with Crippen LogP contribution in [-0.2, 0) is 4.74 Å². The first-order valence-corrected chi connectivity index (χ1v) is 4.98. The van der Waals surface area contributed by atoms with Crippen molar-refractivity contribution in [2.45, 2.75) is 58.3 Å². The van der Waals surface area contributed by atoms with E-state index in [1.165, 1.54) is 0 Å². The summed E-state index contributed by atoms with van der Waals surface area (Å²) in [4.78, 5) is 0. The summed E-state index contributed by atoms with van der Waals surface area (Å²) in [7, 11) is 0. The molecule has 0 unspecified atom stereocenters. The maximum atomic E-state index is 9.66. The van der Waals surface area contributed by atoms with Crippen LogP contribution in [0.2, 0.25) is 0 Å². The molecule has 2 heteroatoms. The molecular weight excluding hydrogens is 152 g/mol. The molecule has 1 heterocycles. The molecule has 0 radical (unpaired) electrons. The Bertz CT molecular complexity index is 126. The standard InChI is InChI=1S/C10H20O2/c1-4-5-9(11)10-6-7(2)8(3)12-10/h7-11H,4-6H2,1-3H3/t7-,8+,9-,10+/m1/s1. The van der Waals surface area contributed by atoms with Gasteiger partial charge in [0, 0.05) is 0 Å². The van der Waals surface area contributed by atoms with Crippen molar-refractivity contribution < 1.29 is 9.84 Å². The van der Waals surface area contributed by atoms with Crippen LogP contribution in [0.25, 0.3) is 0 Å². The van der Waals surface area contributed by atoms with Crippen molar-refractivity contribution in [3.05, 3.63) is 0 Å². The van der Waals surface area contributed by atoms with E-state index in [-0.39, 0.29) is 12.2 Å². The largest absolute Gasteiger partial charge is 0.390 e. The third-order valence-electron chi connectivity index (χ3n) is 2.81. The van der Waals surface area contributed by atoms with E-state index in [4.69, 9.17) is 4.74 Å². The molecule has 0 spiro atoms. The Morgan fingerprint density at radius 3 is 2.58 bits per heavy atom. The Balaban J connectivity index is 2.35. The monoisotopic (exact) mass is 172 g/mol. The summed E-state index contributed by atoms with van der Waals surface area (Å²) >= 11 is 0. The first kappa shape index (κ1) is 10.0. The first-order chi connectivity index (χ1) is 5.65. The second-order valence-corrected chi connectivity index (χ2v) is 3.95. The Morgan fingerprint density at radius 2 is 2.17 bits per heavy atom. The minimum Gasteiger partial charge on any atom is -0.390 e. The van der Waals surface area contributed by atoms with Crippen molar-refractivity contribution in [1.29, 1.82) is 0 Å². The van der Waals surface area contributed by atoms with Crippen LogP contribution in [0.5, 0.6) is 0 Å². The summed E-state index contributed by atoms with van der Waals surface area (Å²) in [6, 6.07) is 0. The van der Waals surface area contributed by atoms with Crippen LogP contribution in [0, 0.1) is 5.92 Å². The number of ether oxygens (including phenoxy) is 1. The van der Waals surface area contributed by atoms with Gasteiger partial charge in [0.15, 0.2) is 0 Å². The molecule has 0 bridgehead atoms. The molecule has 0 amide bonds. The molecule has 0 aromatic rings. The average molecular weight is 172 g/mol. The molecule has 1 N–H and O–H groups in total. The lowest BCUT2D eigenvalue weighted by Gasteiger charge is -2.17. The third kappa shape index (κ3) is 2.20. The van der Waals surface area contributed by atoms with E-state index in [1.807, 2.05) is 0 Å². The van der Waals surface area contributed by atoms with Crippen molar-refractivity contribution in [1.82, 2.24) is 0 Å². The Labute approximate surface area is 74.9 Å². The highest BCUT2D eigenvalue weighted by Crippen LogP contribution is 2.28. The topological polar surface area (TPSA) is 29.5 Å². The zero-order valence-electron chi connectivity index (χ0n) is 8.29. The molecule has 72 valence electrons. The third-order valence-corrected chi connectivity index (χ3v) is 2.81. The molecule has 0 aromatic heterocycles. The SMILES string of the molecule is CCC[C@@H](O)[C@@H]1C[C@@H](C)[C@H](C)O1. The molecule has 0 aliphatic carbocycles. The number of aliphatic hydroxyl groups is 1. The number of rotatable bonds is 3. The lowest BCUT2D eigenvalue weighted by Crippen LogP contribution is -2.25. The molecule has 2 nitrogen and oxygen atoms in total. The van der Waals surface area contributed by atoms with Gasteiger partial charge >= 0.3 is 0 Å². The second-order valence-electron chi connectivity index (χ2n) is 3.95. The van der Waals surface area contributed by atoms with E-state index >= 15 is 0 Å². The van der Waals surface area contributed by atoms with Gasteiger partial charge in [-0.25, -0.2) is 0 Å². The van der Waals surface area contributed by atoms with E-state index in [1.54, 1.807) is 0 Å². The summed E-state index contributed by atoms with van der Waals surface area (Å²) < 4.78 is 5.64. The molecule has 1 aliphatic rings. The maximum absolute atomic E-state index is 9.66. The van der Waals surface area contributed by atoms with Crippen LogP contribution in [0.15, 0.2) is 0 Å². The number of hydrogen-bond donors (Lipinski definition) is 1. The molecule has 1 fully saturated rings. The van der Waals surface area contributed by atoms with Crippen molar-refractivity contribution in [2.24, 2.45) is 5.92 Å². The smallest absolute Gasteiger partial charge is 0.0841 e. The Kier molecular flexibility index (Phi) is 3.53. The molecule has 0 aromatic carbocycles. The van der Waals surface area contributed by atoms with Gasteiger partial charge < -0.3 is 9.84 Å². The minimum atomic E-state index is -0.248. The van der Waals surface area contributed by atoms with E-state index < -0.39 is 0 Å². The van der Waals surface area contributed by atoms with E-state index in [0.29, 0.717) is 12.0 Å². The summed E-state index contributed by atoms with van der Waals surface area (Å²) in [6.45, 7) is 6.36. The van der Waals surface area contributed by atoms with E-state index in [0.717, 1.165) is 19.3 Å². The van der Waals surface area contributed by atoms with Crippen LogP contribution in [0.4, 0.5) is 0 Å². The molecule has 0 saturated carbocycles. The fraction of sp³-hybridized carbons (Fsp3) is 1.00. The quantitative estimate of drug-likeness (QED) is 0.705. The van der Waals surface area contributed by atoms with Gasteiger partial charge in [-0.3, -0.25) is 0 Å². The summed E-state index contributed by atoms with van der Waals surface area (Å²) in [5.41, 5.74) is 0. The maximum Gasteiger partial charge on any atom is 0.0841 e. The van der Waals surface area contributed by atoms with E-state index in [2.05, 4.69) is 20.8 Å². The van der Waals surface area contributed by atoms with Crippen molar-refractivity contribution in [3.63, 3.8) is 0 Å². The highest BCUT2D eigenvalue weighted by atomic mass is 16.5. The average Bonchev–Trinajstić information content (AvgIpc) is 2.33. The summed E-state index contributed by atoms with van der Waals surface area (Å²) in [6.07, 6.45) is 3.08. The Hall–Kier alpha value is -0.0800. The van der Waals surface area contributed by atoms with Crippen molar-refractivity contribution in [3.8, 4) is 0 Å². The van der Waals surface area contributed by atoms with Crippen LogP contribution >= 0.6 is 0 Å². The highest BCUT2D eigenvalue weighted by molar-refractivity contribution is 4.81. The molecular formula is C10H20O2. The number of aliphatic hydroxyl groups excluding tert-OH is 1. The lowest BCUT2D eigenvalue weighted by atomic mass is 9.99. The predicted octanol–water partition coefficient (Wildman–Crippen LogP) is 1.96. The van der Waals surface area contributed by atoms with Crippen LogP contribution in [0.3, 0.4) is 0 Å². The molecule has 1 aliphatic heterocycles. The van der Waals surface area contributed by atoms with Gasteiger partial charge in [-0.1, -0.05) is 20.3 Å². The van der Waals surface area contributed by atoms with Crippen LogP contribution < -0.4 is 0 Å². The predicted molar refractivity (Wildman–Crippen MR) is 49.0 cm³/mol. The lowest BCUT2D eigenvalue weighted by molar-refractivity contribution is -0.0338. The molecule has 1 saturated heterocycles. The van der Waals surface area contributed by atoms with Crippen LogP contribution in [-0.4, -0.2) is 23.4 Å². The molecule has 4 atom stereocenters. The van der Waals surface area contributed by atoms with Crippen molar-refractivity contribution in [2.75, 3.05) is 0 Å².